The SMILES string of the molecule is C/C(=C\c1ncc(C)nc1C)C1CC1. The molecule has 1 fully saturated rings. The van der Waals surface area contributed by atoms with E-state index in [0.29, 0.717) is 0 Å². The van der Waals surface area contributed by atoms with Gasteiger partial charge >= 0.3 is 0 Å². The van der Waals surface area contributed by atoms with Crippen molar-refractivity contribution in [2.24, 2.45) is 5.92 Å². The Morgan fingerprint density at radius 3 is 2.71 bits per heavy atom. The number of aryl methyl sites for hydroxylation is 2. The highest BCUT2D eigenvalue weighted by Gasteiger charge is 2.22. The standard InChI is InChI=1S/C12H16N2/c1-8(11-4-5-11)6-12-10(3)14-9(2)7-13-12/h6-7,11H,4-5H2,1-3H3/b8-6+. The Labute approximate surface area is 85.1 Å². The van der Waals surface area contributed by atoms with Crippen LogP contribution in [0.4, 0.5) is 0 Å². The van der Waals surface area contributed by atoms with E-state index in [1.165, 1.54) is 18.4 Å². The molecule has 0 amide bonds. The summed E-state index contributed by atoms with van der Waals surface area (Å²) in [5, 5.41) is 0. The third kappa shape index (κ3) is 2.00. The smallest absolute Gasteiger partial charge is 0.0841 e. The molecular formula is C12H16N2. The maximum atomic E-state index is 4.40. The van der Waals surface area contributed by atoms with Gasteiger partial charge in [0.1, 0.15) is 0 Å². The lowest BCUT2D eigenvalue weighted by molar-refractivity contribution is 1.00. The van der Waals surface area contributed by atoms with E-state index >= 15 is 0 Å². The minimum Gasteiger partial charge on any atom is -0.255 e. The highest BCUT2D eigenvalue weighted by molar-refractivity contribution is 5.51. The molecule has 0 N–H and O–H groups in total. The van der Waals surface area contributed by atoms with Crippen molar-refractivity contribution >= 4 is 6.08 Å². The van der Waals surface area contributed by atoms with E-state index in [-0.39, 0.29) is 0 Å². The third-order valence-corrected chi connectivity index (χ3v) is 2.69. The van der Waals surface area contributed by atoms with Gasteiger partial charge in [-0.2, -0.15) is 0 Å². The number of aromatic nitrogens is 2. The normalized spacial score (nSPS) is 17.2. The number of rotatable bonds is 2. The van der Waals surface area contributed by atoms with Crippen molar-refractivity contribution in [2.45, 2.75) is 33.6 Å². The first-order chi connectivity index (χ1) is 6.66. The molecule has 2 rings (SSSR count). The summed E-state index contributed by atoms with van der Waals surface area (Å²) in [6.07, 6.45) is 6.71. The van der Waals surface area contributed by atoms with Crippen molar-refractivity contribution in [1.29, 1.82) is 0 Å². The van der Waals surface area contributed by atoms with Gasteiger partial charge in [-0.25, -0.2) is 0 Å². The molecule has 0 saturated heterocycles. The van der Waals surface area contributed by atoms with Crippen LogP contribution in [0.2, 0.25) is 0 Å². The Bertz CT molecular complexity index is 376. The number of allylic oxidation sites excluding steroid dienone is 1. The maximum absolute atomic E-state index is 4.40. The van der Waals surface area contributed by atoms with Gasteiger partial charge in [-0.3, -0.25) is 9.97 Å². The number of hydrogen-bond acceptors (Lipinski definition) is 2. The van der Waals surface area contributed by atoms with Gasteiger partial charge in [0.05, 0.1) is 17.1 Å². The van der Waals surface area contributed by atoms with Gasteiger partial charge in [0.2, 0.25) is 0 Å². The Hall–Kier alpha value is -1.18. The van der Waals surface area contributed by atoms with Gasteiger partial charge in [0, 0.05) is 6.20 Å². The molecule has 1 aromatic rings. The van der Waals surface area contributed by atoms with Crippen molar-refractivity contribution in [3.8, 4) is 0 Å². The number of hydrogen-bond donors (Lipinski definition) is 0. The minimum absolute atomic E-state index is 0.817. The van der Waals surface area contributed by atoms with E-state index in [0.717, 1.165) is 23.0 Å². The summed E-state index contributed by atoms with van der Waals surface area (Å²) in [6, 6.07) is 0. The van der Waals surface area contributed by atoms with E-state index in [9.17, 15) is 0 Å². The second-order valence-electron chi connectivity index (χ2n) is 4.14. The van der Waals surface area contributed by atoms with Crippen LogP contribution in [0, 0.1) is 19.8 Å². The van der Waals surface area contributed by atoms with Gasteiger partial charge in [-0.1, -0.05) is 5.57 Å². The summed E-state index contributed by atoms with van der Waals surface area (Å²) < 4.78 is 0. The molecule has 1 heterocycles. The predicted octanol–water partition coefficient (Wildman–Crippen LogP) is 2.91. The van der Waals surface area contributed by atoms with Crippen molar-refractivity contribution < 1.29 is 0 Å². The fourth-order valence-electron chi connectivity index (χ4n) is 1.62. The predicted molar refractivity (Wildman–Crippen MR) is 57.9 cm³/mol. The molecule has 2 heteroatoms. The van der Waals surface area contributed by atoms with Crippen LogP contribution >= 0.6 is 0 Å². The fourth-order valence-corrected chi connectivity index (χ4v) is 1.62. The van der Waals surface area contributed by atoms with E-state index in [4.69, 9.17) is 0 Å². The molecule has 0 aliphatic heterocycles. The highest BCUT2D eigenvalue weighted by Crippen LogP contribution is 2.36. The van der Waals surface area contributed by atoms with Crippen molar-refractivity contribution in [3.05, 3.63) is 28.9 Å². The van der Waals surface area contributed by atoms with Gasteiger partial charge in [0.15, 0.2) is 0 Å². The minimum atomic E-state index is 0.817. The molecule has 1 aliphatic rings. The molecule has 0 spiro atoms. The molecule has 1 aromatic heterocycles. The van der Waals surface area contributed by atoms with Gasteiger partial charge in [-0.15, -0.1) is 0 Å². The maximum Gasteiger partial charge on any atom is 0.0841 e. The van der Waals surface area contributed by atoms with Crippen molar-refractivity contribution in [3.63, 3.8) is 0 Å². The first-order valence-corrected chi connectivity index (χ1v) is 5.15. The summed E-state index contributed by atoms with van der Waals surface area (Å²) in [7, 11) is 0. The molecule has 2 nitrogen and oxygen atoms in total. The molecule has 0 aromatic carbocycles. The zero-order chi connectivity index (χ0) is 10.1. The van der Waals surface area contributed by atoms with E-state index in [1.54, 1.807) is 0 Å². The highest BCUT2D eigenvalue weighted by atomic mass is 14.8. The van der Waals surface area contributed by atoms with Gasteiger partial charge in [0.25, 0.3) is 0 Å². The topological polar surface area (TPSA) is 25.8 Å². The lowest BCUT2D eigenvalue weighted by Crippen LogP contribution is -1.94. The Morgan fingerprint density at radius 2 is 2.14 bits per heavy atom. The van der Waals surface area contributed by atoms with Crippen LogP contribution in [0.5, 0.6) is 0 Å². The van der Waals surface area contributed by atoms with Crippen LogP contribution in [0.3, 0.4) is 0 Å². The van der Waals surface area contributed by atoms with E-state index in [2.05, 4.69) is 23.0 Å². The molecule has 0 atom stereocenters. The zero-order valence-electron chi connectivity index (χ0n) is 9.04. The molecule has 0 unspecified atom stereocenters. The van der Waals surface area contributed by atoms with Crippen molar-refractivity contribution in [1.82, 2.24) is 9.97 Å². The summed E-state index contributed by atoms with van der Waals surface area (Å²) >= 11 is 0. The van der Waals surface area contributed by atoms with Crippen LogP contribution in [0.15, 0.2) is 11.8 Å². The first-order valence-electron chi connectivity index (χ1n) is 5.15. The molecule has 74 valence electrons. The second kappa shape index (κ2) is 3.52. The van der Waals surface area contributed by atoms with Crippen LogP contribution in [0.25, 0.3) is 6.08 Å². The average Bonchev–Trinajstić information content (AvgIpc) is 2.92. The van der Waals surface area contributed by atoms with Gasteiger partial charge in [-0.05, 0) is 45.6 Å². The fraction of sp³-hybridized carbons (Fsp3) is 0.500. The van der Waals surface area contributed by atoms with Crippen LogP contribution < -0.4 is 0 Å². The Kier molecular flexibility index (Phi) is 2.36. The van der Waals surface area contributed by atoms with Crippen LogP contribution in [-0.4, -0.2) is 9.97 Å². The first kappa shape index (κ1) is 9.38. The lowest BCUT2D eigenvalue weighted by Gasteiger charge is -2.02. The summed E-state index contributed by atoms with van der Waals surface area (Å²) in [6.45, 7) is 6.19. The molecule has 0 radical (unpaired) electrons. The third-order valence-electron chi connectivity index (χ3n) is 2.69. The molecule has 1 aliphatic carbocycles. The summed E-state index contributed by atoms with van der Waals surface area (Å²) in [5.74, 6) is 0.817. The van der Waals surface area contributed by atoms with E-state index < -0.39 is 0 Å². The molecule has 1 saturated carbocycles. The van der Waals surface area contributed by atoms with Crippen molar-refractivity contribution in [2.75, 3.05) is 0 Å². The summed E-state index contributed by atoms with van der Waals surface area (Å²) in [5.41, 5.74) is 4.50. The monoisotopic (exact) mass is 188 g/mol. The van der Waals surface area contributed by atoms with Gasteiger partial charge < -0.3 is 0 Å². The molecule has 0 bridgehead atoms. The largest absolute Gasteiger partial charge is 0.255 e. The van der Waals surface area contributed by atoms with Crippen LogP contribution in [0.1, 0.15) is 36.8 Å². The summed E-state index contributed by atoms with van der Waals surface area (Å²) in [4.78, 5) is 8.79. The molecular weight excluding hydrogens is 172 g/mol. The second-order valence-corrected chi connectivity index (χ2v) is 4.14. The molecule has 14 heavy (non-hydrogen) atoms. The lowest BCUT2D eigenvalue weighted by atomic mass is 10.1. The Balaban J connectivity index is 2.27. The van der Waals surface area contributed by atoms with Crippen LogP contribution in [-0.2, 0) is 0 Å². The zero-order valence-corrected chi connectivity index (χ0v) is 9.04. The Morgan fingerprint density at radius 1 is 1.43 bits per heavy atom. The number of nitrogens with zero attached hydrogens (tertiary/aromatic N) is 2. The quantitative estimate of drug-likeness (QED) is 0.713. The average molecular weight is 188 g/mol. The van der Waals surface area contributed by atoms with E-state index in [1.807, 2.05) is 20.0 Å².